The molecule has 2 aromatic heterocycles. The van der Waals surface area contributed by atoms with Crippen LogP contribution in [0.25, 0.3) is 17.1 Å². The smallest absolute Gasteiger partial charge is 0.345 e. The third-order valence-electron chi connectivity index (χ3n) is 4.48. The largest absolute Gasteiger partial charge is 0.402 e. The van der Waals surface area contributed by atoms with E-state index in [1.807, 2.05) is 48.5 Å². The van der Waals surface area contributed by atoms with Gasteiger partial charge in [-0.2, -0.15) is 4.99 Å². The number of rotatable bonds is 5. The summed E-state index contributed by atoms with van der Waals surface area (Å²) >= 11 is 7.05. The van der Waals surface area contributed by atoms with Gasteiger partial charge in [0, 0.05) is 16.3 Å². The predicted octanol–water partition coefficient (Wildman–Crippen LogP) is 5.12. The molecule has 1 N–H and O–H groups in total. The van der Waals surface area contributed by atoms with E-state index in [9.17, 15) is 4.79 Å². The molecule has 3 aromatic carbocycles. The van der Waals surface area contributed by atoms with Gasteiger partial charge in [-0.05, 0) is 48.5 Å². The molecule has 0 aliphatic carbocycles. The molecule has 1 amide bonds. The highest BCUT2D eigenvalue weighted by atomic mass is 35.5. The van der Waals surface area contributed by atoms with Gasteiger partial charge in [0.2, 0.25) is 15.7 Å². The van der Waals surface area contributed by atoms with E-state index in [2.05, 4.69) is 25.6 Å². The SMILES string of the molecule is O=C(Nc1ccccc1)c1nn(-c2ccccc2)c(=Nc2nnc(-c3ccc(Cl)cc3)o2)s1. The highest BCUT2D eigenvalue weighted by Crippen LogP contribution is 2.23. The zero-order chi connectivity index (χ0) is 22.6. The number of halogens is 1. The molecule has 10 heteroatoms. The minimum absolute atomic E-state index is 0.0447. The van der Waals surface area contributed by atoms with E-state index >= 15 is 0 Å². The maximum absolute atomic E-state index is 12.8. The topological polar surface area (TPSA) is 98.2 Å². The molecule has 0 aliphatic heterocycles. The van der Waals surface area contributed by atoms with Crippen LogP contribution in [0.3, 0.4) is 0 Å². The van der Waals surface area contributed by atoms with Crippen molar-refractivity contribution < 1.29 is 9.21 Å². The number of carbonyl (C=O) groups excluding carboxylic acids is 1. The lowest BCUT2D eigenvalue weighted by atomic mass is 10.2. The minimum atomic E-state index is -0.343. The van der Waals surface area contributed by atoms with E-state index in [-0.39, 0.29) is 16.9 Å². The van der Waals surface area contributed by atoms with Gasteiger partial charge in [0.05, 0.1) is 5.69 Å². The number of nitrogens with one attached hydrogen (secondary N) is 1. The summed E-state index contributed by atoms with van der Waals surface area (Å²) in [5.74, 6) is -0.0343. The standard InChI is InChI=1S/C23H15ClN6O2S/c24-16-13-11-15(12-14-16)20-27-28-22(32-20)26-23-30(18-9-5-2-6-10-18)29-21(33-23)19(31)25-17-7-3-1-4-8-17/h1-14H,(H,25,31). The van der Waals surface area contributed by atoms with E-state index in [1.165, 1.54) is 0 Å². The van der Waals surface area contributed by atoms with E-state index < -0.39 is 0 Å². The molecule has 0 radical (unpaired) electrons. The molecule has 33 heavy (non-hydrogen) atoms. The lowest BCUT2D eigenvalue weighted by Gasteiger charge is -2.02. The van der Waals surface area contributed by atoms with Crippen LogP contribution in [-0.2, 0) is 0 Å². The fraction of sp³-hybridized carbons (Fsp3) is 0. The van der Waals surface area contributed by atoms with Crippen molar-refractivity contribution in [1.29, 1.82) is 0 Å². The Hall–Kier alpha value is -4.08. The van der Waals surface area contributed by atoms with E-state index in [0.29, 0.717) is 21.4 Å². The Kier molecular flexibility index (Phi) is 5.79. The average Bonchev–Trinajstić information content (AvgIpc) is 3.49. The first-order chi connectivity index (χ1) is 16.2. The van der Waals surface area contributed by atoms with Crippen molar-refractivity contribution in [3.05, 3.63) is 99.8 Å². The second-order valence-electron chi connectivity index (χ2n) is 6.77. The van der Waals surface area contributed by atoms with Crippen LogP contribution < -0.4 is 10.1 Å². The Morgan fingerprint density at radius 1 is 0.939 bits per heavy atom. The summed E-state index contributed by atoms with van der Waals surface area (Å²) in [5.41, 5.74) is 2.13. The number of para-hydroxylation sites is 2. The highest BCUT2D eigenvalue weighted by molar-refractivity contribution is 7.11. The molecule has 0 unspecified atom stereocenters. The van der Waals surface area contributed by atoms with Crippen LogP contribution in [0.4, 0.5) is 11.7 Å². The number of hydrogen-bond acceptors (Lipinski definition) is 7. The molecule has 0 fully saturated rings. The molecule has 5 rings (SSSR count). The van der Waals surface area contributed by atoms with Crippen LogP contribution in [0, 0.1) is 0 Å². The minimum Gasteiger partial charge on any atom is -0.402 e. The van der Waals surface area contributed by atoms with Gasteiger partial charge in [0.1, 0.15) is 0 Å². The van der Waals surface area contributed by atoms with E-state index in [0.717, 1.165) is 22.6 Å². The summed E-state index contributed by atoms with van der Waals surface area (Å²) in [4.78, 5) is 17.7. The quantitative estimate of drug-likeness (QED) is 0.381. The number of anilines is 1. The molecule has 2 heterocycles. The van der Waals surface area contributed by atoms with E-state index in [1.54, 1.807) is 41.1 Å². The monoisotopic (exact) mass is 474 g/mol. The second-order valence-corrected chi connectivity index (χ2v) is 8.16. The molecule has 0 saturated carbocycles. The van der Waals surface area contributed by atoms with Gasteiger partial charge >= 0.3 is 6.01 Å². The van der Waals surface area contributed by atoms with Crippen molar-refractivity contribution in [2.45, 2.75) is 0 Å². The zero-order valence-corrected chi connectivity index (χ0v) is 18.5. The Balaban J connectivity index is 1.52. The van der Waals surface area contributed by atoms with Crippen molar-refractivity contribution in [1.82, 2.24) is 20.0 Å². The van der Waals surface area contributed by atoms with Gasteiger partial charge in [-0.15, -0.1) is 10.2 Å². The van der Waals surface area contributed by atoms with Crippen LogP contribution in [0.2, 0.25) is 5.02 Å². The van der Waals surface area contributed by atoms with Gasteiger partial charge in [-0.3, -0.25) is 4.79 Å². The summed E-state index contributed by atoms with van der Waals surface area (Å²) < 4.78 is 7.27. The van der Waals surface area contributed by atoms with Crippen molar-refractivity contribution in [2.75, 3.05) is 5.32 Å². The number of benzene rings is 3. The Bertz CT molecular complexity index is 1460. The molecule has 0 saturated heterocycles. The average molecular weight is 475 g/mol. The molecule has 0 bridgehead atoms. The highest BCUT2D eigenvalue weighted by Gasteiger charge is 2.16. The number of amides is 1. The molecule has 0 aliphatic rings. The normalized spacial score (nSPS) is 11.5. The number of carbonyl (C=O) groups is 1. The molecule has 0 spiro atoms. The third kappa shape index (κ3) is 4.74. The van der Waals surface area contributed by atoms with Crippen molar-refractivity contribution in [3.63, 3.8) is 0 Å². The summed E-state index contributed by atoms with van der Waals surface area (Å²) in [5, 5.41) is 16.2. The maximum Gasteiger partial charge on any atom is 0.345 e. The van der Waals surface area contributed by atoms with Gasteiger partial charge in [0.25, 0.3) is 5.91 Å². The Morgan fingerprint density at radius 3 is 2.36 bits per heavy atom. The lowest BCUT2D eigenvalue weighted by molar-refractivity contribution is 0.102. The zero-order valence-electron chi connectivity index (χ0n) is 16.9. The first kappa shape index (κ1) is 20.8. The molecule has 162 valence electrons. The number of hydrogen-bond donors (Lipinski definition) is 1. The van der Waals surface area contributed by atoms with Gasteiger partial charge in [-0.25, -0.2) is 4.68 Å². The van der Waals surface area contributed by atoms with Crippen LogP contribution >= 0.6 is 22.9 Å². The Morgan fingerprint density at radius 2 is 1.64 bits per heavy atom. The van der Waals surface area contributed by atoms with Crippen molar-refractivity contribution >= 4 is 40.5 Å². The van der Waals surface area contributed by atoms with Crippen LogP contribution in [0.5, 0.6) is 0 Å². The summed E-state index contributed by atoms with van der Waals surface area (Å²) in [6.45, 7) is 0. The van der Waals surface area contributed by atoms with E-state index in [4.69, 9.17) is 16.0 Å². The van der Waals surface area contributed by atoms with Gasteiger partial charge in [0.15, 0.2) is 0 Å². The third-order valence-corrected chi connectivity index (χ3v) is 5.64. The molecule has 5 aromatic rings. The summed E-state index contributed by atoms with van der Waals surface area (Å²) in [6, 6.07) is 25.6. The molecular formula is C23H15ClN6O2S. The van der Waals surface area contributed by atoms with Crippen LogP contribution in [0.15, 0.2) is 94.3 Å². The maximum atomic E-state index is 12.8. The summed E-state index contributed by atoms with van der Waals surface area (Å²) in [7, 11) is 0. The lowest BCUT2D eigenvalue weighted by Crippen LogP contribution is -2.15. The van der Waals surface area contributed by atoms with Crippen LogP contribution in [0.1, 0.15) is 9.80 Å². The predicted molar refractivity (Wildman–Crippen MR) is 126 cm³/mol. The fourth-order valence-electron chi connectivity index (χ4n) is 2.94. The first-order valence-corrected chi connectivity index (χ1v) is 11.0. The van der Waals surface area contributed by atoms with Gasteiger partial charge in [-0.1, -0.05) is 64.4 Å². The number of nitrogens with zero attached hydrogens (tertiary/aromatic N) is 5. The van der Waals surface area contributed by atoms with Crippen LogP contribution in [-0.4, -0.2) is 25.9 Å². The van der Waals surface area contributed by atoms with Gasteiger partial charge < -0.3 is 9.73 Å². The molecule has 0 atom stereocenters. The first-order valence-electron chi connectivity index (χ1n) is 9.82. The molecular weight excluding hydrogens is 460 g/mol. The van der Waals surface area contributed by atoms with Crippen molar-refractivity contribution in [3.8, 4) is 17.1 Å². The number of aromatic nitrogens is 4. The molecule has 8 nitrogen and oxygen atoms in total. The van der Waals surface area contributed by atoms with Crippen molar-refractivity contribution in [2.24, 2.45) is 4.99 Å². The summed E-state index contributed by atoms with van der Waals surface area (Å²) in [6.07, 6.45) is 0. The fourth-order valence-corrected chi connectivity index (χ4v) is 3.86. The Labute approximate surface area is 196 Å². The second kappa shape index (κ2) is 9.19.